The molecule has 5 aromatic carbocycles. The predicted molar refractivity (Wildman–Crippen MR) is 202 cm³/mol. The molecule has 6 bridgehead atoms. The molecule has 9 rings (SSSR count). The van der Waals surface area contributed by atoms with Crippen LogP contribution in [-0.2, 0) is 32.3 Å². The summed E-state index contributed by atoms with van der Waals surface area (Å²) in [6.07, 6.45) is 2.91. The molecule has 0 saturated carbocycles. The number of methoxy groups -OCH3 is 2. The van der Waals surface area contributed by atoms with E-state index in [2.05, 4.69) is 36.0 Å². The number of esters is 1. The summed E-state index contributed by atoms with van der Waals surface area (Å²) in [5, 5.41) is 10.5. The largest absolute Gasteiger partial charge is 0.493 e. The van der Waals surface area contributed by atoms with Crippen LogP contribution in [0, 0.1) is 5.82 Å². The second-order valence-electron chi connectivity index (χ2n) is 14.3. The van der Waals surface area contributed by atoms with Gasteiger partial charge in [-0.2, -0.15) is 0 Å². The lowest BCUT2D eigenvalue weighted by Gasteiger charge is -2.37. The molecule has 0 aliphatic carbocycles. The molecule has 4 heterocycles. The highest BCUT2D eigenvalue weighted by Crippen LogP contribution is 2.50. The van der Waals surface area contributed by atoms with E-state index in [4.69, 9.17) is 23.7 Å². The zero-order valence-electron chi connectivity index (χ0n) is 30.9. The van der Waals surface area contributed by atoms with Crippen molar-refractivity contribution in [3.8, 4) is 40.2 Å². The number of halogens is 1. The summed E-state index contributed by atoms with van der Waals surface area (Å²) < 4.78 is 44.7. The van der Waals surface area contributed by atoms with Gasteiger partial charge in [-0.05, 0) is 134 Å². The highest BCUT2D eigenvalue weighted by Gasteiger charge is 2.34. The number of hydrogen-bond donors (Lipinski definition) is 1. The van der Waals surface area contributed by atoms with Crippen molar-refractivity contribution in [1.29, 1.82) is 0 Å². The number of likely N-dealkylation sites (N-methyl/N-ethyl adjacent to an activating group) is 2. The quantitative estimate of drug-likeness (QED) is 0.143. The third-order valence-corrected chi connectivity index (χ3v) is 11.0. The average molecular weight is 731 g/mol. The maximum Gasteiger partial charge on any atom is 0.347 e. The minimum absolute atomic E-state index is 0.0384. The molecule has 4 aliphatic rings. The predicted octanol–water partition coefficient (Wildman–Crippen LogP) is 8.00. The first-order valence-electron chi connectivity index (χ1n) is 18.2. The minimum Gasteiger partial charge on any atom is -0.493 e. The Labute approximate surface area is 314 Å². The topological polar surface area (TPSA) is 89.9 Å². The average Bonchev–Trinajstić information content (AvgIpc) is 3.18. The van der Waals surface area contributed by atoms with Gasteiger partial charge < -0.3 is 28.8 Å². The number of hydrogen-bond acceptors (Lipinski definition) is 9. The summed E-state index contributed by atoms with van der Waals surface area (Å²) in [4.78, 5) is 18.2. The van der Waals surface area contributed by atoms with E-state index < -0.39 is 11.8 Å². The Bertz CT molecular complexity index is 2210. The van der Waals surface area contributed by atoms with Crippen LogP contribution >= 0.6 is 0 Å². The van der Waals surface area contributed by atoms with Gasteiger partial charge in [0.1, 0.15) is 28.6 Å². The van der Waals surface area contributed by atoms with Crippen molar-refractivity contribution < 1.29 is 38.0 Å². The normalized spacial score (nSPS) is 18.0. The van der Waals surface area contributed by atoms with E-state index in [0.717, 1.165) is 53.7 Å². The summed E-state index contributed by atoms with van der Waals surface area (Å²) in [6, 6.07) is 24.9. The lowest BCUT2D eigenvalue weighted by atomic mass is 9.86. The van der Waals surface area contributed by atoms with E-state index in [1.165, 1.54) is 29.8 Å². The van der Waals surface area contributed by atoms with E-state index in [9.17, 15) is 14.3 Å². The Balaban J connectivity index is 1.29. The molecule has 54 heavy (non-hydrogen) atoms. The molecule has 0 amide bonds. The standard InChI is InChI=1S/C44H43FN2O7/c1-46-17-15-28-23-39(50-3)40-24-35(28)36(46)20-27-7-14-34(44(49)53-33-12-8-31(45)9-13-33)38(21-27)52-32-10-5-26(6-11-32)19-37-41-29(16-18-47(37)2)22-30(25-48)42(51-4)43(41)54-40/h5-14,21-24,36-37,48H,15-20,25H2,1-4H3/t36-,37+/m1/s1. The van der Waals surface area contributed by atoms with E-state index >= 15 is 0 Å². The molecule has 0 unspecified atom stereocenters. The fourth-order valence-corrected chi connectivity index (χ4v) is 8.04. The maximum absolute atomic E-state index is 13.6. The van der Waals surface area contributed by atoms with Gasteiger partial charge in [0.25, 0.3) is 0 Å². The van der Waals surface area contributed by atoms with Crippen molar-refractivity contribution in [2.75, 3.05) is 41.4 Å². The minimum atomic E-state index is -0.606. The van der Waals surface area contributed by atoms with Gasteiger partial charge in [-0.1, -0.05) is 18.2 Å². The van der Waals surface area contributed by atoms with E-state index in [-0.39, 0.29) is 30.0 Å². The van der Waals surface area contributed by atoms with Gasteiger partial charge in [-0.25, -0.2) is 9.18 Å². The zero-order valence-corrected chi connectivity index (χ0v) is 30.9. The van der Waals surface area contributed by atoms with Gasteiger partial charge in [0.05, 0.1) is 20.8 Å². The van der Waals surface area contributed by atoms with E-state index in [0.29, 0.717) is 52.9 Å². The fourth-order valence-electron chi connectivity index (χ4n) is 8.04. The Morgan fingerprint density at radius 3 is 2.22 bits per heavy atom. The zero-order chi connectivity index (χ0) is 37.5. The number of benzene rings is 5. The van der Waals surface area contributed by atoms with Crippen molar-refractivity contribution in [3.63, 3.8) is 0 Å². The van der Waals surface area contributed by atoms with Crippen molar-refractivity contribution >= 4 is 5.97 Å². The molecular weight excluding hydrogens is 687 g/mol. The summed E-state index contributed by atoms with van der Waals surface area (Å²) in [7, 11) is 7.50. The molecule has 0 radical (unpaired) electrons. The summed E-state index contributed by atoms with van der Waals surface area (Å²) in [5.41, 5.74) is 7.37. The van der Waals surface area contributed by atoms with Gasteiger partial charge in [0, 0.05) is 36.3 Å². The molecule has 0 fully saturated rings. The number of fused-ring (bicyclic) bond motifs is 2. The van der Waals surface area contributed by atoms with Crippen molar-refractivity contribution in [1.82, 2.24) is 9.80 Å². The molecule has 2 atom stereocenters. The summed E-state index contributed by atoms with van der Waals surface area (Å²) in [5.74, 6) is 2.42. The molecule has 1 N–H and O–H groups in total. The van der Waals surface area contributed by atoms with Gasteiger partial charge in [0.15, 0.2) is 23.0 Å². The Kier molecular flexibility index (Phi) is 9.74. The third kappa shape index (κ3) is 6.77. The lowest BCUT2D eigenvalue weighted by molar-refractivity contribution is 0.0732. The van der Waals surface area contributed by atoms with Crippen LogP contribution in [0.1, 0.15) is 61.4 Å². The Morgan fingerprint density at radius 1 is 0.796 bits per heavy atom. The van der Waals surface area contributed by atoms with E-state index in [1.807, 2.05) is 42.5 Å². The van der Waals surface area contributed by atoms with Crippen molar-refractivity contribution in [2.24, 2.45) is 0 Å². The second-order valence-corrected chi connectivity index (χ2v) is 14.3. The lowest BCUT2D eigenvalue weighted by Crippen LogP contribution is -2.34. The van der Waals surface area contributed by atoms with Crippen LogP contribution < -0.4 is 23.7 Å². The molecule has 0 saturated heterocycles. The fraction of sp³-hybridized carbons (Fsp3) is 0.295. The summed E-state index contributed by atoms with van der Waals surface area (Å²) in [6.45, 7) is 1.49. The van der Waals surface area contributed by atoms with E-state index in [1.54, 1.807) is 20.3 Å². The number of aliphatic hydroxyl groups excluding tert-OH is 1. The van der Waals surface area contributed by atoms with Gasteiger partial charge >= 0.3 is 5.97 Å². The molecular formula is C44H43FN2O7. The van der Waals surface area contributed by atoms with Gasteiger partial charge in [-0.3, -0.25) is 9.80 Å². The van der Waals surface area contributed by atoms with Crippen LogP contribution in [0.25, 0.3) is 0 Å². The highest BCUT2D eigenvalue weighted by molar-refractivity contribution is 5.94. The first-order valence-corrected chi connectivity index (χ1v) is 18.2. The Morgan fingerprint density at radius 2 is 1.50 bits per heavy atom. The van der Waals surface area contributed by atoms with Crippen LogP contribution in [0.4, 0.5) is 4.39 Å². The monoisotopic (exact) mass is 730 g/mol. The first kappa shape index (κ1) is 35.6. The molecule has 9 nitrogen and oxygen atoms in total. The number of carbonyl (C=O) groups is 1. The number of ether oxygens (including phenoxy) is 5. The van der Waals surface area contributed by atoms with Crippen LogP contribution in [0.5, 0.6) is 40.2 Å². The molecule has 5 aromatic rings. The van der Waals surface area contributed by atoms with Gasteiger partial charge in [0.2, 0.25) is 0 Å². The van der Waals surface area contributed by atoms with Crippen LogP contribution in [-0.4, -0.2) is 62.3 Å². The molecule has 10 heteroatoms. The number of nitrogens with zero attached hydrogens (tertiary/aromatic N) is 2. The number of aliphatic hydroxyl groups is 1. The highest BCUT2D eigenvalue weighted by atomic mass is 19.1. The third-order valence-electron chi connectivity index (χ3n) is 11.0. The molecule has 0 spiro atoms. The van der Waals surface area contributed by atoms with Crippen LogP contribution in [0.3, 0.4) is 0 Å². The van der Waals surface area contributed by atoms with Gasteiger partial charge in [-0.15, -0.1) is 0 Å². The second kappa shape index (κ2) is 14.8. The smallest absolute Gasteiger partial charge is 0.347 e. The number of rotatable bonds is 5. The first-order chi connectivity index (χ1) is 26.2. The maximum atomic E-state index is 13.6. The van der Waals surface area contributed by atoms with Crippen molar-refractivity contribution in [2.45, 2.75) is 44.4 Å². The summed E-state index contributed by atoms with van der Waals surface area (Å²) >= 11 is 0. The number of carbonyl (C=O) groups excluding carboxylic acids is 1. The Hall–Kier alpha value is -5.42. The molecule has 0 aromatic heterocycles. The van der Waals surface area contributed by atoms with Crippen LogP contribution in [0.2, 0.25) is 0 Å². The van der Waals surface area contributed by atoms with Crippen molar-refractivity contribution in [3.05, 3.63) is 135 Å². The van der Waals surface area contributed by atoms with Crippen LogP contribution in [0.15, 0.2) is 84.9 Å². The molecule has 278 valence electrons. The SMILES string of the molecule is COc1cc2c3cc1Oc1c(OC)c(CO)cc4c1[C@H](Cc1ccc(cc1)Oc1cc(ccc1C(=O)Oc1ccc(F)cc1)C[C@H]3N(C)CC2)N(C)CC4. The molecule has 4 aliphatic heterocycles.